The third kappa shape index (κ3) is 4.29. The Morgan fingerprint density at radius 3 is 2.50 bits per heavy atom. The van der Waals surface area contributed by atoms with Gasteiger partial charge in [-0.15, -0.1) is 0 Å². The van der Waals surface area contributed by atoms with E-state index >= 15 is 0 Å². The highest BCUT2D eigenvalue weighted by Gasteiger charge is 2.45. The van der Waals surface area contributed by atoms with Crippen LogP contribution in [0.15, 0.2) is 0 Å². The molecule has 2 unspecified atom stereocenters. The summed E-state index contributed by atoms with van der Waals surface area (Å²) >= 11 is 3.24. The van der Waals surface area contributed by atoms with Crippen LogP contribution in [0.3, 0.4) is 0 Å². The van der Waals surface area contributed by atoms with Crippen LogP contribution in [0.2, 0.25) is 0 Å². The van der Waals surface area contributed by atoms with Gasteiger partial charge in [0, 0.05) is 12.4 Å². The molecule has 0 aromatic carbocycles. The largest absolute Gasteiger partial charge is 0.389 e. The molecule has 0 aromatic rings. The van der Waals surface area contributed by atoms with Crippen molar-refractivity contribution in [1.29, 1.82) is 0 Å². The van der Waals surface area contributed by atoms with E-state index < -0.39 is 42.1 Å². The molecule has 0 spiro atoms. The third-order valence-electron chi connectivity index (χ3n) is 3.56. The molecule has 3 N–H and O–H groups in total. The molecule has 0 saturated carbocycles. The van der Waals surface area contributed by atoms with E-state index in [9.17, 15) is 19.7 Å². The standard InChI is InChI=1S/C11H21BBrO6P/c1-4-11(3,19-20(16,17)6(2)14)5-7-9(15)8(13)10(12)18-7/h6-10,14-15H,4-5H2,1-3H3,(H,16,17)/t6-,7-,8-,9-,10-,11?/m1/s1. The monoisotopic (exact) mass is 370 g/mol. The lowest BCUT2D eigenvalue weighted by Crippen LogP contribution is -2.38. The lowest BCUT2D eigenvalue weighted by atomic mass is 9.91. The molecule has 1 aliphatic heterocycles. The van der Waals surface area contributed by atoms with Gasteiger partial charge in [-0.3, -0.25) is 4.57 Å². The molecule has 0 aromatic heterocycles. The van der Waals surface area contributed by atoms with Gasteiger partial charge in [0.05, 0.1) is 22.6 Å². The number of aliphatic hydroxyl groups excluding tert-OH is 2. The smallest absolute Gasteiger partial charge is 0.356 e. The number of rotatable bonds is 6. The fraction of sp³-hybridized carbons (Fsp3) is 1.00. The van der Waals surface area contributed by atoms with Crippen LogP contribution in [-0.2, 0) is 13.8 Å². The molecule has 1 fully saturated rings. The summed E-state index contributed by atoms with van der Waals surface area (Å²) in [7, 11) is 1.55. The fourth-order valence-corrected chi connectivity index (χ4v) is 3.44. The first-order chi connectivity index (χ1) is 9.02. The van der Waals surface area contributed by atoms with E-state index in [1.807, 2.05) is 0 Å². The second kappa shape index (κ2) is 6.77. The molecule has 6 nitrogen and oxygen atoms in total. The minimum atomic E-state index is -4.13. The summed E-state index contributed by atoms with van der Waals surface area (Å²) in [5.41, 5.74) is -1.01. The van der Waals surface area contributed by atoms with Gasteiger partial charge in [0.2, 0.25) is 0 Å². The molecule has 0 amide bonds. The maximum Gasteiger partial charge on any atom is 0.356 e. The fourth-order valence-electron chi connectivity index (χ4n) is 1.99. The maximum absolute atomic E-state index is 11.8. The summed E-state index contributed by atoms with van der Waals surface area (Å²) in [6, 6.07) is -0.645. The lowest BCUT2D eigenvalue weighted by molar-refractivity contribution is -0.0372. The molecule has 0 aliphatic carbocycles. The van der Waals surface area contributed by atoms with Crippen LogP contribution < -0.4 is 0 Å². The molecule has 20 heavy (non-hydrogen) atoms. The quantitative estimate of drug-likeness (QED) is 0.368. The van der Waals surface area contributed by atoms with Crippen molar-refractivity contribution in [3.8, 4) is 0 Å². The number of ether oxygens (including phenoxy) is 1. The Hall–Kier alpha value is 0.575. The van der Waals surface area contributed by atoms with Crippen molar-refractivity contribution in [3.05, 3.63) is 0 Å². The minimum Gasteiger partial charge on any atom is -0.389 e. The van der Waals surface area contributed by atoms with Crippen LogP contribution in [0.25, 0.3) is 0 Å². The zero-order valence-corrected chi connectivity index (χ0v) is 14.3. The second-order valence-corrected chi connectivity index (χ2v) is 8.48. The van der Waals surface area contributed by atoms with Gasteiger partial charge in [0.25, 0.3) is 0 Å². The number of halogens is 1. The molecule has 1 aliphatic rings. The van der Waals surface area contributed by atoms with Gasteiger partial charge in [0.1, 0.15) is 7.85 Å². The van der Waals surface area contributed by atoms with Crippen molar-refractivity contribution in [3.63, 3.8) is 0 Å². The molecule has 0 bridgehead atoms. The van der Waals surface area contributed by atoms with Gasteiger partial charge >= 0.3 is 7.60 Å². The average molecular weight is 371 g/mol. The molecule has 116 valence electrons. The van der Waals surface area contributed by atoms with Gasteiger partial charge in [-0.2, -0.15) is 0 Å². The van der Waals surface area contributed by atoms with Crippen molar-refractivity contribution < 1.29 is 28.9 Å². The minimum absolute atomic E-state index is 0.192. The van der Waals surface area contributed by atoms with Crippen molar-refractivity contribution in [2.45, 2.75) is 68.1 Å². The van der Waals surface area contributed by atoms with Crippen molar-refractivity contribution in [2.75, 3.05) is 0 Å². The van der Waals surface area contributed by atoms with Crippen LogP contribution >= 0.6 is 23.5 Å². The lowest BCUT2D eigenvalue weighted by Gasteiger charge is -2.34. The molecule has 7 atom stereocenters. The van der Waals surface area contributed by atoms with Crippen molar-refractivity contribution in [2.24, 2.45) is 0 Å². The summed E-state index contributed by atoms with van der Waals surface area (Å²) < 4.78 is 22.5. The number of aliphatic hydroxyl groups is 2. The van der Waals surface area contributed by atoms with E-state index in [-0.39, 0.29) is 6.42 Å². The zero-order chi connectivity index (χ0) is 15.7. The van der Waals surface area contributed by atoms with Crippen LogP contribution in [0.5, 0.6) is 0 Å². The zero-order valence-electron chi connectivity index (χ0n) is 11.8. The van der Waals surface area contributed by atoms with E-state index in [0.29, 0.717) is 6.42 Å². The molecule has 1 heterocycles. The molecule has 2 radical (unpaired) electrons. The highest BCUT2D eigenvalue weighted by molar-refractivity contribution is 9.09. The molecule has 1 saturated heterocycles. The Morgan fingerprint density at radius 2 is 2.15 bits per heavy atom. The van der Waals surface area contributed by atoms with Gasteiger partial charge < -0.3 is 24.4 Å². The first kappa shape index (κ1) is 18.6. The third-order valence-corrected chi connectivity index (χ3v) is 6.27. The predicted octanol–water partition coefficient (Wildman–Crippen LogP) is 1.10. The molecular weight excluding hydrogens is 350 g/mol. The summed E-state index contributed by atoms with van der Waals surface area (Å²) in [6.45, 7) is 4.62. The van der Waals surface area contributed by atoms with E-state index in [2.05, 4.69) is 15.9 Å². The normalized spacial score (nSPS) is 38.1. The Kier molecular flexibility index (Phi) is 6.31. The van der Waals surface area contributed by atoms with Crippen LogP contribution in [-0.4, -0.2) is 57.4 Å². The van der Waals surface area contributed by atoms with E-state index in [1.165, 1.54) is 6.92 Å². The highest BCUT2D eigenvalue weighted by atomic mass is 79.9. The summed E-state index contributed by atoms with van der Waals surface area (Å²) in [6.07, 6.45) is -0.825. The first-order valence-corrected chi connectivity index (χ1v) is 9.03. The van der Waals surface area contributed by atoms with Gasteiger partial charge in [0.15, 0.2) is 5.85 Å². The number of alkyl halides is 1. The van der Waals surface area contributed by atoms with Gasteiger partial charge in [-0.1, -0.05) is 22.9 Å². The first-order valence-electron chi connectivity index (χ1n) is 6.47. The number of hydrogen-bond donors (Lipinski definition) is 3. The van der Waals surface area contributed by atoms with Crippen molar-refractivity contribution >= 4 is 31.4 Å². The Balaban J connectivity index is 2.78. The van der Waals surface area contributed by atoms with E-state index in [4.69, 9.17) is 17.1 Å². The van der Waals surface area contributed by atoms with E-state index in [1.54, 1.807) is 13.8 Å². The van der Waals surface area contributed by atoms with Gasteiger partial charge in [-0.05, 0) is 20.3 Å². The van der Waals surface area contributed by atoms with Crippen LogP contribution in [0.4, 0.5) is 0 Å². The summed E-state index contributed by atoms with van der Waals surface area (Å²) in [4.78, 5) is 9.25. The van der Waals surface area contributed by atoms with Gasteiger partial charge in [-0.25, -0.2) is 0 Å². The molecule has 1 rings (SSSR count). The second-order valence-electron chi connectivity index (χ2n) is 5.37. The van der Waals surface area contributed by atoms with Crippen molar-refractivity contribution in [1.82, 2.24) is 0 Å². The topological polar surface area (TPSA) is 96.2 Å². The van der Waals surface area contributed by atoms with Crippen LogP contribution in [0.1, 0.15) is 33.6 Å². The highest BCUT2D eigenvalue weighted by Crippen LogP contribution is 2.51. The Morgan fingerprint density at radius 1 is 1.60 bits per heavy atom. The summed E-state index contributed by atoms with van der Waals surface area (Å²) in [5, 5.41) is 19.3. The maximum atomic E-state index is 11.8. The molecule has 9 heteroatoms. The SMILES string of the molecule is [B][C@@H]1O[C@H](CC(C)(CC)OP(=O)(O)[C@H](C)O)[C@@H](O)[C@H]1Br. The Labute approximate surface area is 128 Å². The summed E-state index contributed by atoms with van der Waals surface area (Å²) in [5.74, 6) is -1.48. The Bertz CT molecular complexity index is 384. The predicted molar refractivity (Wildman–Crippen MR) is 79.0 cm³/mol. The molecular formula is C11H21BBrO6P. The van der Waals surface area contributed by atoms with E-state index in [0.717, 1.165) is 0 Å². The average Bonchev–Trinajstić information content (AvgIpc) is 2.56. The van der Waals surface area contributed by atoms with Crippen LogP contribution in [0, 0.1) is 0 Å². The number of hydrogen-bond acceptors (Lipinski definition) is 5.